The van der Waals surface area contributed by atoms with Gasteiger partial charge in [-0.25, -0.2) is 0 Å². The van der Waals surface area contributed by atoms with Gasteiger partial charge in [0.25, 0.3) is 0 Å². The van der Waals surface area contributed by atoms with Crippen molar-refractivity contribution in [2.45, 2.75) is 51.0 Å². The van der Waals surface area contributed by atoms with E-state index >= 15 is 0 Å². The van der Waals surface area contributed by atoms with Crippen LogP contribution in [0.15, 0.2) is 0 Å². The molecule has 2 aliphatic rings. The van der Waals surface area contributed by atoms with Gasteiger partial charge in [0.15, 0.2) is 0 Å². The molecular formula is C14H23ClN2O2. The van der Waals surface area contributed by atoms with Crippen molar-refractivity contribution in [1.82, 2.24) is 10.2 Å². The molecule has 1 aliphatic heterocycles. The van der Waals surface area contributed by atoms with E-state index < -0.39 is 0 Å². The second-order valence-corrected chi connectivity index (χ2v) is 6.03. The highest BCUT2D eigenvalue weighted by Gasteiger charge is 2.29. The Morgan fingerprint density at radius 2 is 2.05 bits per heavy atom. The SMILES string of the molecule is O=C(CCN1CC(CCl)CC1=O)NC1CCCCC1. The molecule has 2 amide bonds. The second kappa shape index (κ2) is 7.13. The van der Waals surface area contributed by atoms with Crippen molar-refractivity contribution in [2.24, 2.45) is 5.92 Å². The Morgan fingerprint density at radius 3 is 2.68 bits per heavy atom. The second-order valence-electron chi connectivity index (χ2n) is 5.72. The van der Waals surface area contributed by atoms with E-state index in [1.54, 1.807) is 4.90 Å². The molecule has 4 nitrogen and oxygen atoms in total. The fourth-order valence-electron chi connectivity index (χ4n) is 2.96. The lowest BCUT2D eigenvalue weighted by Gasteiger charge is -2.23. The summed E-state index contributed by atoms with van der Waals surface area (Å²) in [7, 11) is 0. The predicted octanol–water partition coefficient (Wildman–Crippen LogP) is 1.91. The summed E-state index contributed by atoms with van der Waals surface area (Å²) < 4.78 is 0. The lowest BCUT2D eigenvalue weighted by atomic mass is 9.95. The number of amides is 2. The monoisotopic (exact) mass is 286 g/mol. The molecule has 1 aliphatic carbocycles. The van der Waals surface area contributed by atoms with Gasteiger partial charge in [0.2, 0.25) is 11.8 Å². The molecule has 0 aromatic heterocycles. The van der Waals surface area contributed by atoms with Crippen LogP contribution < -0.4 is 5.32 Å². The summed E-state index contributed by atoms with van der Waals surface area (Å²) >= 11 is 5.77. The maximum absolute atomic E-state index is 11.9. The van der Waals surface area contributed by atoms with E-state index in [0.717, 1.165) is 12.8 Å². The fraction of sp³-hybridized carbons (Fsp3) is 0.857. The minimum Gasteiger partial charge on any atom is -0.353 e. The predicted molar refractivity (Wildman–Crippen MR) is 75.0 cm³/mol. The molecule has 1 saturated heterocycles. The topological polar surface area (TPSA) is 49.4 Å². The highest BCUT2D eigenvalue weighted by molar-refractivity contribution is 6.18. The van der Waals surface area contributed by atoms with Crippen LogP contribution in [0.25, 0.3) is 0 Å². The number of carbonyl (C=O) groups is 2. The van der Waals surface area contributed by atoms with E-state index in [4.69, 9.17) is 11.6 Å². The third kappa shape index (κ3) is 4.37. The van der Waals surface area contributed by atoms with E-state index in [2.05, 4.69) is 5.32 Å². The van der Waals surface area contributed by atoms with Crippen LogP contribution in [0.4, 0.5) is 0 Å². The number of hydrogen-bond acceptors (Lipinski definition) is 2. The lowest BCUT2D eigenvalue weighted by Crippen LogP contribution is -2.38. The number of rotatable bonds is 5. The lowest BCUT2D eigenvalue weighted by molar-refractivity contribution is -0.128. The van der Waals surface area contributed by atoms with Gasteiger partial charge in [0, 0.05) is 37.9 Å². The Labute approximate surface area is 119 Å². The summed E-state index contributed by atoms with van der Waals surface area (Å²) in [6, 6.07) is 0.353. The Kier molecular flexibility index (Phi) is 5.49. The van der Waals surface area contributed by atoms with Crippen molar-refractivity contribution >= 4 is 23.4 Å². The molecule has 1 unspecified atom stereocenters. The van der Waals surface area contributed by atoms with Gasteiger partial charge in [-0.15, -0.1) is 11.6 Å². The zero-order chi connectivity index (χ0) is 13.7. The summed E-state index contributed by atoms with van der Waals surface area (Å²) in [5.41, 5.74) is 0. The Balaban J connectivity index is 1.67. The number of halogens is 1. The minimum absolute atomic E-state index is 0.0778. The van der Waals surface area contributed by atoms with Crippen LogP contribution in [0.1, 0.15) is 44.9 Å². The molecule has 1 atom stereocenters. The summed E-state index contributed by atoms with van der Waals surface area (Å²) in [6.45, 7) is 1.24. The van der Waals surface area contributed by atoms with E-state index in [9.17, 15) is 9.59 Å². The molecule has 5 heteroatoms. The number of likely N-dealkylation sites (tertiary alicyclic amines) is 1. The van der Waals surface area contributed by atoms with Crippen molar-refractivity contribution in [3.05, 3.63) is 0 Å². The van der Waals surface area contributed by atoms with Crippen LogP contribution in [-0.2, 0) is 9.59 Å². The maximum atomic E-state index is 11.9. The Bertz CT molecular complexity index is 329. The molecule has 1 heterocycles. The molecule has 0 aromatic carbocycles. The van der Waals surface area contributed by atoms with E-state index in [1.165, 1.54) is 19.3 Å². The molecule has 0 aromatic rings. The molecule has 1 saturated carbocycles. The third-order valence-corrected chi connectivity index (χ3v) is 4.53. The van der Waals surface area contributed by atoms with Crippen molar-refractivity contribution in [3.63, 3.8) is 0 Å². The van der Waals surface area contributed by atoms with Gasteiger partial charge in [-0.2, -0.15) is 0 Å². The van der Waals surface area contributed by atoms with Gasteiger partial charge in [-0.05, 0) is 18.8 Å². The summed E-state index contributed by atoms with van der Waals surface area (Å²) in [5, 5.41) is 3.08. The van der Waals surface area contributed by atoms with Gasteiger partial charge in [0.1, 0.15) is 0 Å². The number of carbonyl (C=O) groups excluding carboxylic acids is 2. The summed E-state index contributed by atoms with van der Waals surface area (Å²) in [6.07, 6.45) is 6.87. The smallest absolute Gasteiger partial charge is 0.222 e. The van der Waals surface area contributed by atoms with Gasteiger partial charge in [0.05, 0.1) is 0 Å². The minimum atomic E-state index is 0.0778. The standard InChI is InChI=1S/C14H23ClN2O2/c15-9-11-8-14(19)17(10-11)7-6-13(18)16-12-4-2-1-3-5-12/h11-12H,1-10H2,(H,16,18). The number of nitrogens with one attached hydrogen (secondary N) is 1. The Hall–Kier alpha value is -0.770. The first-order valence-corrected chi connectivity index (χ1v) is 7.85. The molecule has 2 fully saturated rings. The molecule has 0 spiro atoms. The van der Waals surface area contributed by atoms with Crippen LogP contribution in [0.5, 0.6) is 0 Å². The number of nitrogens with zero attached hydrogens (tertiary/aromatic N) is 1. The van der Waals surface area contributed by atoms with Crippen molar-refractivity contribution in [2.75, 3.05) is 19.0 Å². The van der Waals surface area contributed by atoms with Gasteiger partial charge < -0.3 is 10.2 Å². The maximum Gasteiger partial charge on any atom is 0.222 e. The molecule has 1 N–H and O–H groups in total. The van der Waals surface area contributed by atoms with Crippen LogP contribution in [0, 0.1) is 5.92 Å². The van der Waals surface area contributed by atoms with Crippen LogP contribution >= 0.6 is 11.6 Å². The summed E-state index contributed by atoms with van der Waals surface area (Å²) in [5.74, 6) is 0.997. The van der Waals surface area contributed by atoms with Crippen LogP contribution in [0.2, 0.25) is 0 Å². The fourth-order valence-corrected chi connectivity index (χ4v) is 3.16. The molecule has 0 bridgehead atoms. The highest BCUT2D eigenvalue weighted by atomic mass is 35.5. The zero-order valence-corrected chi connectivity index (χ0v) is 12.1. The molecule has 108 valence electrons. The zero-order valence-electron chi connectivity index (χ0n) is 11.4. The van der Waals surface area contributed by atoms with E-state index in [1.807, 2.05) is 0 Å². The Morgan fingerprint density at radius 1 is 1.32 bits per heavy atom. The third-order valence-electron chi connectivity index (χ3n) is 4.09. The van der Waals surface area contributed by atoms with Gasteiger partial charge >= 0.3 is 0 Å². The first kappa shape index (κ1) is 14.6. The largest absolute Gasteiger partial charge is 0.353 e. The van der Waals surface area contributed by atoms with Crippen LogP contribution in [-0.4, -0.2) is 41.7 Å². The first-order chi connectivity index (χ1) is 9.19. The van der Waals surface area contributed by atoms with Crippen molar-refractivity contribution in [1.29, 1.82) is 0 Å². The molecule has 2 rings (SSSR count). The van der Waals surface area contributed by atoms with Crippen molar-refractivity contribution < 1.29 is 9.59 Å². The van der Waals surface area contributed by atoms with Crippen LogP contribution in [0.3, 0.4) is 0 Å². The molecule has 0 radical (unpaired) electrons. The average molecular weight is 287 g/mol. The van der Waals surface area contributed by atoms with Crippen molar-refractivity contribution in [3.8, 4) is 0 Å². The quantitative estimate of drug-likeness (QED) is 0.785. The van der Waals surface area contributed by atoms with Gasteiger partial charge in [-0.1, -0.05) is 19.3 Å². The highest BCUT2D eigenvalue weighted by Crippen LogP contribution is 2.19. The number of alkyl halides is 1. The van der Waals surface area contributed by atoms with E-state index in [-0.39, 0.29) is 17.7 Å². The number of hydrogen-bond donors (Lipinski definition) is 1. The first-order valence-electron chi connectivity index (χ1n) is 7.32. The normalized spacial score (nSPS) is 24.8. The molecular weight excluding hydrogens is 264 g/mol. The summed E-state index contributed by atoms with van der Waals surface area (Å²) in [4.78, 5) is 25.3. The molecule has 19 heavy (non-hydrogen) atoms. The average Bonchev–Trinajstić information content (AvgIpc) is 2.78. The van der Waals surface area contributed by atoms with E-state index in [0.29, 0.717) is 37.9 Å². The van der Waals surface area contributed by atoms with Gasteiger partial charge in [-0.3, -0.25) is 9.59 Å².